The zero-order chi connectivity index (χ0) is 25.7. The number of rotatable bonds is 7. The average Bonchev–Trinajstić information content (AvgIpc) is 2.88. The van der Waals surface area contributed by atoms with Gasteiger partial charge in [0.2, 0.25) is 0 Å². The van der Waals surface area contributed by atoms with Gasteiger partial charge in [0.05, 0.1) is 12.2 Å². The molecule has 1 aliphatic carbocycles. The molecule has 3 aromatic rings. The molecule has 0 aliphatic heterocycles. The summed E-state index contributed by atoms with van der Waals surface area (Å²) in [4.78, 5) is 12.5. The second-order valence-electron chi connectivity index (χ2n) is 8.96. The summed E-state index contributed by atoms with van der Waals surface area (Å²) in [6, 6.07) is 13.2. The van der Waals surface area contributed by atoms with Crippen molar-refractivity contribution in [3.63, 3.8) is 0 Å². The fourth-order valence-electron chi connectivity index (χ4n) is 4.76. The zero-order valence-corrected chi connectivity index (χ0v) is 20.4. The smallest absolute Gasteiger partial charge is 0.343 e. The lowest BCUT2D eigenvalue weighted by atomic mass is 9.78. The van der Waals surface area contributed by atoms with Crippen molar-refractivity contribution < 1.29 is 27.4 Å². The topological polar surface area (TPSA) is 35.5 Å². The van der Waals surface area contributed by atoms with Crippen molar-refractivity contribution in [1.29, 1.82) is 0 Å². The lowest BCUT2D eigenvalue weighted by Gasteiger charge is -2.27. The minimum absolute atomic E-state index is 0.00944. The number of hydrogen-bond donors (Lipinski definition) is 0. The highest BCUT2D eigenvalue weighted by atomic mass is 19.2. The van der Waals surface area contributed by atoms with Crippen LogP contribution in [0.2, 0.25) is 0 Å². The first-order chi connectivity index (χ1) is 17.4. The van der Waals surface area contributed by atoms with Gasteiger partial charge in [-0.05, 0) is 86.8 Å². The molecule has 1 saturated carbocycles. The molecule has 0 spiro atoms. The van der Waals surface area contributed by atoms with Crippen LogP contribution in [0.15, 0.2) is 66.7 Å². The Labute approximate surface area is 209 Å². The molecule has 0 bridgehead atoms. The first kappa shape index (κ1) is 25.5. The van der Waals surface area contributed by atoms with Crippen molar-refractivity contribution in [1.82, 2.24) is 0 Å². The Hall–Kier alpha value is -3.54. The Morgan fingerprint density at radius 2 is 1.67 bits per heavy atom. The molecular formula is C30H29F3O3. The van der Waals surface area contributed by atoms with E-state index in [2.05, 4.69) is 6.08 Å². The summed E-state index contributed by atoms with van der Waals surface area (Å²) in [6.45, 7) is 4.16. The van der Waals surface area contributed by atoms with E-state index in [1.807, 2.05) is 13.0 Å². The summed E-state index contributed by atoms with van der Waals surface area (Å²) in [7, 11) is 0. The Morgan fingerprint density at radius 3 is 2.31 bits per heavy atom. The van der Waals surface area contributed by atoms with Gasteiger partial charge in [0.25, 0.3) is 0 Å². The molecular weight excluding hydrogens is 465 g/mol. The number of benzene rings is 3. The third-order valence-electron chi connectivity index (χ3n) is 6.64. The van der Waals surface area contributed by atoms with Gasteiger partial charge >= 0.3 is 5.97 Å². The maximum absolute atomic E-state index is 15.0. The van der Waals surface area contributed by atoms with Gasteiger partial charge in [0.1, 0.15) is 5.75 Å². The maximum atomic E-state index is 15.0. The summed E-state index contributed by atoms with van der Waals surface area (Å²) in [5.41, 5.74) is 1.13. The van der Waals surface area contributed by atoms with E-state index in [1.54, 1.807) is 19.1 Å². The first-order valence-electron chi connectivity index (χ1n) is 12.3. The number of esters is 1. The minimum atomic E-state index is -0.894. The van der Waals surface area contributed by atoms with E-state index in [4.69, 9.17) is 9.47 Å². The molecule has 188 valence electrons. The highest BCUT2D eigenvalue weighted by molar-refractivity contribution is 5.91. The molecule has 1 fully saturated rings. The molecule has 3 aromatic carbocycles. The first-order valence-corrected chi connectivity index (χ1v) is 12.3. The van der Waals surface area contributed by atoms with Gasteiger partial charge in [-0.1, -0.05) is 36.4 Å². The third-order valence-corrected chi connectivity index (χ3v) is 6.64. The summed E-state index contributed by atoms with van der Waals surface area (Å²) >= 11 is 0. The second kappa shape index (κ2) is 11.5. The lowest BCUT2D eigenvalue weighted by Crippen LogP contribution is -2.13. The molecule has 0 amide bonds. The van der Waals surface area contributed by atoms with Crippen LogP contribution in [0.5, 0.6) is 11.5 Å². The van der Waals surface area contributed by atoms with Gasteiger partial charge in [-0.2, -0.15) is 0 Å². The third kappa shape index (κ3) is 5.64. The van der Waals surface area contributed by atoms with Crippen molar-refractivity contribution in [3.8, 4) is 22.6 Å². The molecule has 0 radical (unpaired) electrons. The standard InChI is InChI=1S/C30H29F3O3/c1-3-5-19-6-8-20(9-7-19)24-15-16-25(29(33)28(24)32)21-10-12-22(13-11-21)30(34)36-27-17-14-23(35-4-2)18-26(27)31/h3,5,10-20H,4,6-9H2,1-2H3. The van der Waals surface area contributed by atoms with Crippen LogP contribution in [-0.4, -0.2) is 12.6 Å². The van der Waals surface area contributed by atoms with Crippen LogP contribution in [0.4, 0.5) is 13.2 Å². The SMILES string of the molecule is CC=CC1CCC(c2ccc(-c3ccc(C(=O)Oc4ccc(OCC)cc4F)cc3)c(F)c2F)CC1. The summed E-state index contributed by atoms with van der Waals surface area (Å²) < 4.78 is 54.7. The predicted molar refractivity (Wildman–Crippen MR) is 134 cm³/mol. The van der Waals surface area contributed by atoms with E-state index in [-0.39, 0.29) is 22.8 Å². The molecule has 0 heterocycles. The Morgan fingerprint density at radius 1 is 0.944 bits per heavy atom. The Kier molecular flexibility index (Phi) is 8.14. The number of carbonyl (C=O) groups excluding carboxylic acids is 1. The normalized spacial score (nSPS) is 17.8. The van der Waals surface area contributed by atoms with Gasteiger partial charge in [0.15, 0.2) is 23.2 Å². The number of allylic oxidation sites excluding steroid dienone is 2. The number of carbonyl (C=O) groups is 1. The van der Waals surface area contributed by atoms with E-state index in [9.17, 15) is 9.18 Å². The molecule has 0 saturated heterocycles. The van der Waals surface area contributed by atoms with E-state index in [1.165, 1.54) is 36.4 Å². The highest BCUT2D eigenvalue weighted by Crippen LogP contribution is 2.39. The van der Waals surface area contributed by atoms with Gasteiger partial charge in [-0.3, -0.25) is 0 Å². The summed E-state index contributed by atoms with van der Waals surface area (Å²) in [6.07, 6.45) is 7.83. The maximum Gasteiger partial charge on any atom is 0.343 e. The highest BCUT2D eigenvalue weighted by Gasteiger charge is 2.25. The van der Waals surface area contributed by atoms with Crippen molar-refractivity contribution in [2.24, 2.45) is 5.92 Å². The second-order valence-corrected chi connectivity index (χ2v) is 8.96. The quantitative estimate of drug-likeness (QED) is 0.188. The van der Waals surface area contributed by atoms with Gasteiger partial charge in [0, 0.05) is 11.6 Å². The molecule has 36 heavy (non-hydrogen) atoms. The molecule has 3 nitrogen and oxygen atoms in total. The predicted octanol–water partition coefficient (Wildman–Crippen LogP) is 8.24. The minimum Gasteiger partial charge on any atom is -0.494 e. The molecule has 4 rings (SSSR count). The van der Waals surface area contributed by atoms with E-state index in [0.29, 0.717) is 29.4 Å². The van der Waals surface area contributed by atoms with Crippen LogP contribution in [0, 0.1) is 23.4 Å². The van der Waals surface area contributed by atoms with E-state index < -0.39 is 23.4 Å². The number of halogens is 3. The average molecular weight is 495 g/mol. The molecule has 0 atom stereocenters. The van der Waals surface area contributed by atoms with Gasteiger partial charge in [-0.25, -0.2) is 18.0 Å². The van der Waals surface area contributed by atoms with Crippen LogP contribution in [0.1, 0.15) is 61.4 Å². The van der Waals surface area contributed by atoms with Crippen LogP contribution in [0.25, 0.3) is 11.1 Å². The van der Waals surface area contributed by atoms with Crippen molar-refractivity contribution >= 4 is 5.97 Å². The van der Waals surface area contributed by atoms with Crippen LogP contribution < -0.4 is 9.47 Å². The molecule has 0 N–H and O–H groups in total. The molecule has 6 heteroatoms. The fourth-order valence-corrected chi connectivity index (χ4v) is 4.76. The van der Waals surface area contributed by atoms with Crippen LogP contribution in [-0.2, 0) is 0 Å². The fraction of sp³-hybridized carbons (Fsp3) is 0.300. The van der Waals surface area contributed by atoms with Crippen molar-refractivity contribution in [3.05, 3.63) is 95.3 Å². The molecule has 1 aliphatic rings. The molecule has 0 unspecified atom stereocenters. The van der Waals surface area contributed by atoms with Crippen molar-refractivity contribution in [2.45, 2.75) is 45.4 Å². The van der Waals surface area contributed by atoms with E-state index in [0.717, 1.165) is 31.7 Å². The molecule has 0 aromatic heterocycles. The Bertz CT molecular complexity index is 1240. The van der Waals surface area contributed by atoms with Gasteiger partial charge < -0.3 is 9.47 Å². The van der Waals surface area contributed by atoms with E-state index >= 15 is 8.78 Å². The van der Waals surface area contributed by atoms with Gasteiger partial charge in [-0.15, -0.1) is 0 Å². The van der Waals surface area contributed by atoms with Crippen LogP contribution in [0.3, 0.4) is 0 Å². The summed E-state index contributed by atoms with van der Waals surface area (Å²) in [5.74, 6) is -2.56. The number of hydrogen-bond acceptors (Lipinski definition) is 3. The Balaban J connectivity index is 1.46. The monoisotopic (exact) mass is 494 g/mol. The zero-order valence-electron chi connectivity index (χ0n) is 20.4. The number of ether oxygens (including phenoxy) is 2. The summed E-state index contributed by atoms with van der Waals surface area (Å²) in [5, 5.41) is 0. The lowest BCUT2D eigenvalue weighted by molar-refractivity contribution is 0.0727. The largest absolute Gasteiger partial charge is 0.494 e. The van der Waals surface area contributed by atoms with Crippen LogP contribution >= 0.6 is 0 Å². The van der Waals surface area contributed by atoms with Crippen molar-refractivity contribution in [2.75, 3.05) is 6.61 Å².